The van der Waals surface area contributed by atoms with Crippen molar-refractivity contribution in [2.75, 3.05) is 13.1 Å². The van der Waals surface area contributed by atoms with Crippen molar-refractivity contribution in [1.82, 2.24) is 14.8 Å². The summed E-state index contributed by atoms with van der Waals surface area (Å²) in [4.78, 5) is 14.9. The molecule has 0 bridgehead atoms. The van der Waals surface area contributed by atoms with Crippen molar-refractivity contribution in [1.29, 1.82) is 0 Å². The van der Waals surface area contributed by atoms with Gasteiger partial charge in [-0.25, -0.2) is 0 Å². The normalized spacial score (nSPS) is 22.7. The fraction of sp³-hybridized carbons (Fsp3) is 0.550. The minimum Gasteiger partial charge on any atom is -0.465 e. The van der Waals surface area contributed by atoms with Gasteiger partial charge in [0.05, 0.1) is 12.1 Å². The van der Waals surface area contributed by atoms with E-state index in [1.807, 2.05) is 43.1 Å². The van der Waals surface area contributed by atoms with Crippen LogP contribution in [0.2, 0.25) is 0 Å². The van der Waals surface area contributed by atoms with Crippen LogP contribution in [0.15, 0.2) is 35.0 Å². The number of nitrogens with zero attached hydrogens (tertiary/aromatic N) is 2. The summed E-state index contributed by atoms with van der Waals surface area (Å²) in [6.45, 7) is 5.04. The Morgan fingerprint density at radius 1 is 1.28 bits per heavy atom. The maximum atomic E-state index is 12.4. The van der Waals surface area contributed by atoms with Crippen LogP contribution in [0.4, 0.5) is 0 Å². The minimum atomic E-state index is 0.0677. The molecule has 134 valence electrons. The molecule has 3 heterocycles. The van der Waals surface area contributed by atoms with Crippen LogP contribution in [-0.2, 0) is 13.6 Å². The van der Waals surface area contributed by atoms with Crippen LogP contribution in [0, 0.1) is 12.3 Å². The number of hydrogen-bond acceptors (Lipinski definition) is 3. The molecule has 0 unspecified atom stereocenters. The highest BCUT2D eigenvalue weighted by Gasteiger charge is 2.48. The van der Waals surface area contributed by atoms with Gasteiger partial charge in [-0.1, -0.05) is 0 Å². The lowest BCUT2D eigenvalue weighted by Crippen LogP contribution is -2.59. The molecule has 2 aromatic heterocycles. The Balaban J connectivity index is 1.32. The predicted molar refractivity (Wildman–Crippen MR) is 96.3 cm³/mol. The van der Waals surface area contributed by atoms with Gasteiger partial charge in [0.15, 0.2) is 0 Å². The number of aromatic nitrogens is 1. The molecule has 2 fully saturated rings. The highest BCUT2D eigenvalue weighted by atomic mass is 16.3. The van der Waals surface area contributed by atoms with E-state index < -0.39 is 0 Å². The molecule has 1 atom stereocenters. The number of amides is 1. The lowest BCUT2D eigenvalue weighted by molar-refractivity contribution is -0.00853. The third kappa shape index (κ3) is 3.25. The second-order valence-corrected chi connectivity index (χ2v) is 7.78. The van der Waals surface area contributed by atoms with Crippen molar-refractivity contribution in [2.24, 2.45) is 12.5 Å². The van der Waals surface area contributed by atoms with Crippen molar-refractivity contribution < 1.29 is 9.21 Å². The standard InChI is InChI=1S/C20H27N3O2/c1-15-3-4-17(25-15)14-23-11-8-20(9-12-23)7-5-18(20)21-19(24)16-6-10-22(2)13-16/h3-4,6,10,13,18H,5,7-9,11-12,14H2,1-2H3,(H,21,24)/t18-/m1/s1. The van der Waals surface area contributed by atoms with Crippen LogP contribution in [0.25, 0.3) is 0 Å². The van der Waals surface area contributed by atoms with E-state index >= 15 is 0 Å². The van der Waals surface area contributed by atoms with E-state index in [2.05, 4.69) is 16.3 Å². The molecule has 4 rings (SSSR count). The Hall–Kier alpha value is -2.01. The molecule has 1 N–H and O–H groups in total. The SMILES string of the molecule is Cc1ccc(CN2CCC3(CC[C@H]3NC(=O)c3ccn(C)c3)CC2)o1. The van der Waals surface area contributed by atoms with Gasteiger partial charge in [-0.15, -0.1) is 0 Å². The molecule has 1 saturated heterocycles. The van der Waals surface area contributed by atoms with Gasteiger partial charge in [-0.3, -0.25) is 9.69 Å². The zero-order chi connectivity index (χ0) is 17.4. The van der Waals surface area contributed by atoms with E-state index in [9.17, 15) is 4.79 Å². The van der Waals surface area contributed by atoms with E-state index in [4.69, 9.17) is 4.42 Å². The fourth-order valence-electron chi connectivity index (χ4n) is 4.35. The Labute approximate surface area is 149 Å². The Kier molecular flexibility index (Phi) is 4.20. The maximum Gasteiger partial charge on any atom is 0.253 e. The van der Waals surface area contributed by atoms with Crippen LogP contribution >= 0.6 is 0 Å². The predicted octanol–water partition coefficient (Wildman–Crippen LogP) is 3.10. The quantitative estimate of drug-likeness (QED) is 0.930. The van der Waals surface area contributed by atoms with Gasteiger partial charge in [0, 0.05) is 25.5 Å². The number of carbonyl (C=O) groups is 1. The van der Waals surface area contributed by atoms with Crippen LogP contribution in [-0.4, -0.2) is 34.5 Å². The summed E-state index contributed by atoms with van der Waals surface area (Å²) < 4.78 is 7.62. The summed E-state index contributed by atoms with van der Waals surface area (Å²) in [6, 6.07) is 6.32. The second kappa shape index (κ2) is 6.37. The molecule has 1 aliphatic heterocycles. The molecular weight excluding hydrogens is 314 g/mol. The van der Waals surface area contributed by atoms with E-state index in [-0.39, 0.29) is 5.91 Å². The number of hydrogen-bond donors (Lipinski definition) is 1. The maximum absolute atomic E-state index is 12.4. The second-order valence-electron chi connectivity index (χ2n) is 7.78. The van der Waals surface area contributed by atoms with Gasteiger partial charge < -0.3 is 14.3 Å². The highest BCUT2D eigenvalue weighted by molar-refractivity contribution is 5.94. The molecule has 5 heteroatoms. The van der Waals surface area contributed by atoms with Crippen molar-refractivity contribution in [2.45, 2.75) is 45.2 Å². The van der Waals surface area contributed by atoms with Gasteiger partial charge in [0.2, 0.25) is 0 Å². The van der Waals surface area contributed by atoms with Crippen LogP contribution in [0.5, 0.6) is 0 Å². The molecule has 1 aliphatic carbocycles. The summed E-state index contributed by atoms with van der Waals surface area (Å²) in [7, 11) is 1.94. The molecule has 1 saturated carbocycles. The molecule has 1 amide bonds. The van der Waals surface area contributed by atoms with Gasteiger partial charge in [0.1, 0.15) is 11.5 Å². The third-order valence-electron chi connectivity index (χ3n) is 6.10. The first kappa shape index (κ1) is 16.5. The number of likely N-dealkylation sites (tertiary alicyclic amines) is 1. The minimum absolute atomic E-state index is 0.0677. The zero-order valence-electron chi connectivity index (χ0n) is 15.1. The van der Waals surface area contributed by atoms with Crippen LogP contribution < -0.4 is 5.32 Å². The molecule has 2 aliphatic rings. The first-order chi connectivity index (χ1) is 12.0. The lowest BCUT2D eigenvalue weighted by atomic mass is 9.59. The monoisotopic (exact) mass is 341 g/mol. The van der Waals surface area contributed by atoms with E-state index in [1.54, 1.807) is 0 Å². The topological polar surface area (TPSA) is 50.4 Å². The molecule has 0 aromatic carbocycles. The summed E-state index contributed by atoms with van der Waals surface area (Å²) >= 11 is 0. The average Bonchev–Trinajstić information content (AvgIpc) is 3.20. The van der Waals surface area contributed by atoms with Crippen molar-refractivity contribution in [3.8, 4) is 0 Å². The van der Waals surface area contributed by atoms with E-state index in [0.717, 1.165) is 56.0 Å². The van der Waals surface area contributed by atoms with Crippen molar-refractivity contribution in [3.63, 3.8) is 0 Å². The molecule has 0 radical (unpaired) electrons. The fourth-order valence-corrected chi connectivity index (χ4v) is 4.35. The Bertz CT molecular complexity index is 753. The van der Waals surface area contributed by atoms with Crippen molar-refractivity contribution in [3.05, 3.63) is 47.7 Å². The lowest BCUT2D eigenvalue weighted by Gasteiger charge is -2.54. The van der Waals surface area contributed by atoms with E-state index in [1.165, 1.54) is 6.42 Å². The number of nitrogens with one attached hydrogen (secondary N) is 1. The van der Waals surface area contributed by atoms with Gasteiger partial charge in [-0.05, 0) is 69.3 Å². The highest BCUT2D eigenvalue weighted by Crippen LogP contribution is 2.49. The Morgan fingerprint density at radius 2 is 2.08 bits per heavy atom. The largest absolute Gasteiger partial charge is 0.465 e. The van der Waals surface area contributed by atoms with Crippen LogP contribution in [0.3, 0.4) is 0 Å². The van der Waals surface area contributed by atoms with E-state index in [0.29, 0.717) is 11.5 Å². The summed E-state index contributed by atoms with van der Waals surface area (Å²) in [5.74, 6) is 2.10. The molecular formula is C20H27N3O2. The number of rotatable bonds is 4. The molecule has 25 heavy (non-hydrogen) atoms. The Morgan fingerprint density at radius 3 is 2.64 bits per heavy atom. The molecule has 5 nitrogen and oxygen atoms in total. The zero-order valence-corrected chi connectivity index (χ0v) is 15.1. The van der Waals surface area contributed by atoms with Gasteiger partial charge in [-0.2, -0.15) is 0 Å². The first-order valence-electron chi connectivity index (χ1n) is 9.25. The van der Waals surface area contributed by atoms with Gasteiger partial charge >= 0.3 is 0 Å². The number of carbonyl (C=O) groups excluding carboxylic acids is 1. The molecule has 2 aromatic rings. The smallest absolute Gasteiger partial charge is 0.253 e. The van der Waals surface area contributed by atoms with Gasteiger partial charge in [0.25, 0.3) is 5.91 Å². The average molecular weight is 341 g/mol. The number of furan rings is 1. The van der Waals surface area contributed by atoms with Crippen LogP contribution in [0.1, 0.15) is 47.6 Å². The third-order valence-corrected chi connectivity index (χ3v) is 6.10. The number of aryl methyl sites for hydroxylation is 2. The number of piperidine rings is 1. The molecule has 1 spiro atoms. The summed E-state index contributed by atoms with van der Waals surface area (Å²) in [6.07, 6.45) is 8.46. The van der Waals surface area contributed by atoms with Crippen molar-refractivity contribution >= 4 is 5.91 Å². The summed E-state index contributed by atoms with van der Waals surface area (Å²) in [5.41, 5.74) is 1.06. The first-order valence-corrected chi connectivity index (χ1v) is 9.25. The summed E-state index contributed by atoms with van der Waals surface area (Å²) in [5, 5.41) is 3.29.